The molecule has 2 heterocycles. The molecule has 2 fully saturated rings. The van der Waals surface area contributed by atoms with E-state index in [2.05, 4.69) is 16.0 Å². The number of nitrogens with two attached hydrogens (primary N) is 1. The Morgan fingerprint density at radius 1 is 1.38 bits per heavy atom. The molecule has 0 bridgehead atoms. The van der Waals surface area contributed by atoms with Crippen molar-refractivity contribution >= 4 is 22.9 Å². The van der Waals surface area contributed by atoms with E-state index in [9.17, 15) is 4.79 Å². The molecular formula is C16H19N3OS. The first kappa shape index (κ1) is 13.0. The lowest BCUT2D eigenvalue weighted by atomic mass is 10.3. The monoisotopic (exact) mass is 301 g/mol. The highest BCUT2D eigenvalue weighted by atomic mass is 32.1. The maximum Gasteiger partial charge on any atom is 0.271 e. The second kappa shape index (κ2) is 4.91. The van der Waals surface area contributed by atoms with Gasteiger partial charge in [0.15, 0.2) is 0 Å². The Bertz CT molecular complexity index is 653. The Morgan fingerprint density at radius 3 is 2.81 bits per heavy atom. The van der Waals surface area contributed by atoms with E-state index in [0.717, 1.165) is 37.9 Å². The molecule has 2 aliphatic rings. The van der Waals surface area contributed by atoms with E-state index in [4.69, 9.17) is 5.73 Å². The molecule has 0 spiro atoms. The first-order valence-electron chi connectivity index (χ1n) is 7.53. The van der Waals surface area contributed by atoms with E-state index in [1.807, 2.05) is 23.2 Å². The molecule has 1 amide bonds. The van der Waals surface area contributed by atoms with Crippen LogP contribution in [0.4, 0.5) is 5.69 Å². The lowest BCUT2D eigenvalue weighted by molar-refractivity contribution is 0.0720. The molecule has 2 aromatic heterocycles. The SMILES string of the molecule is Nc1cc(C(=O)N(Cc2cccs2)C2CC2)n(C2CC2)c1. The first-order valence-corrected chi connectivity index (χ1v) is 8.41. The number of hydrogen-bond donors (Lipinski definition) is 1. The van der Waals surface area contributed by atoms with Gasteiger partial charge in [-0.25, -0.2) is 0 Å². The van der Waals surface area contributed by atoms with Crippen LogP contribution in [0.15, 0.2) is 29.8 Å². The summed E-state index contributed by atoms with van der Waals surface area (Å²) in [5.74, 6) is 0.134. The highest BCUT2D eigenvalue weighted by Crippen LogP contribution is 2.38. The molecule has 0 saturated heterocycles. The summed E-state index contributed by atoms with van der Waals surface area (Å²) < 4.78 is 2.08. The predicted octanol–water partition coefficient (Wildman–Crippen LogP) is 3.27. The minimum absolute atomic E-state index is 0.134. The molecule has 2 N–H and O–H groups in total. The third kappa shape index (κ3) is 2.58. The molecular weight excluding hydrogens is 282 g/mol. The van der Waals surface area contributed by atoms with Gasteiger partial charge in [0.25, 0.3) is 5.91 Å². The number of carbonyl (C=O) groups is 1. The molecule has 2 saturated carbocycles. The van der Waals surface area contributed by atoms with Crippen molar-refractivity contribution in [3.63, 3.8) is 0 Å². The zero-order valence-electron chi connectivity index (χ0n) is 11.9. The van der Waals surface area contributed by atoms with Crippen LogP contribution in [-0.4, -0.2) is 21.4 Å². The van der Waals surface area contributed by atoms with Gasteiger partial charge in [0.05, 0.1) is 12.2 Å². The van der Waals surface area contributed by atoms with E-state index >= 15 is 0 Å². The summed E-state index contributed by atoms with van der Waals surface area (Å²) in [5, 5.41) is 2.07. The third-order valence-electron chi connectivity index (χ3n) is 4.18. The largest absolute Gasteiger partial charge is 0.397 e. The van der Waals surface area contributed by atoms with Crippen LogP contribution in [0.1, 0.15) is 47.1 Å². The van der Waals surface area contributed by atoms with Crippen LogP contribution in [0.5, 0.6) is 0 Å². The minimum atomic E-state index is 0.134. The van der Waals surface area contributed by atoms with Crippen LogP contribution >= 0.6 is 11.3 Å². The molecule has 0 atom stereocenters. The number of thiophene rings is 1. The Balaban J connectivity index is 1.61. The van der Waals surface area contributed by atoms with Gasteiger partial charge in [0.1, 0.15) is 5.69 Å². The summed E-state index contributed by atoms with van der Waals surface area (Å²) >= 11 is 1.71. The minimum Gasteiger partial charge on any atom is -0.397 e. The number of nitrogen functional groups attached to an aromatic ring is 1. The zero-order valence-corrected chi connectivity index (χ0v) is 12.7. The molecule has 0 aromatic carbocycles. The van der Waals surface area contributed by atoms with Crippen LogP contribution in [0, 0.1) is 0 Å². The fourth-order valence-electron chi connectivity index (χ4n) is 2.80. The fourth-order valence-corrected chi connectivity index (χ4v) is 3.50. The number of hydrogen-bond acceptors (Lipinski definition) is 3. The average molecular weight is 301 g/mol. The van der Waals surface area contributed by atoms with E-state index in [-0.39, 0.29) is 5.91 Å². The Hall–Kier alpha value is -1.75. The number of amides is 1. The van der Waals surface area contributed by atoms with Gasteiger partial charge in [-0.2, -0.15) is 0 Å². The second-order valence-electron chi connectivity index (χ2n) is 6.04. The van der Waals surface area contributed by atoms with Gasteiger partial charge in [0, 0.05) is 23.2 Å². The topological polar surface area (TPSA) is 51.3 Å². The lowest BCUT2D eigenvalue weighted by Gasteiger charge is -2.22. The normalized spacial score (nSPS) is 17.9. The highest BCUT2D eigenvalue weighted by Gasteiger charge is 2.36. The summed E-state index contributed by atoms with van der Waals surface area (Å²) in [4.78, 5) is 16.2. The van der Waals surface area contributed by atoms with Gasteiger partial charge >= 0.3 is 0 Å². The molecule has 5 heteroatoms. The van der Waals surface area contributed by atoms with Crippen molar-refractivity contribution in [1.82, 2.24) is 9.47 Å². The first-order chi connectivity index (χ1) is 10.2. The molecule has 0 radical (unpaired) electrons. The molecule has 4 nitrogen and oxygen atoms in total. The van der Waals surface area contributed by atoms with E-state index < -0.39 is 0 Å². The predicted molar refractivity (Wildman–Crippen MR) is 84.3 cm³/mol. The van der Waals surface area contributed by atoms with Crippen molar-refractivity contribution in [2.24, 2.45) is 0 Å². The van der Waals surface area contributed by atoms with Crippen LogP contribution in [-0.2, 0) is 6.54 Å². The molecule has 2 aromatic rings. The summed E-state index contributed by atoms with van der Waals surface area (Å²) in [7, 11) is 0. The van der Waals surface area contributed by atoms with Gasteiger partial charge < -0.3 is 15.2 Å². The van der Waals surface area contributed by atoms with E-state index in [0.29, 0.717) is 17.8 Å². The number of aromatic nitrogens is 1. The van der Waals surface area contributed by atoms with Crippen LogP contribution < -0.4 is 5.73 Å². The summed E-state index contributed by atoms with van der Waals surface area (Å²) in [6.07, 6.45) is 6.47. The number of rotatable bonds is 5. The van der Waals surface area contributed by atoms with E-state index in [1.165, 1.54) is 4.88 Å². The number of nitrogens with zero attached hydrogens (tertiary/aromatic N) is 2. The molecule has 110 valence electrons. The van der Waals surface area contributed by atoms with Gasteiger partial charge in [-0.15, -0.1) is 11.3 Å². The average Bonchev–Trinajstić information content (AvgIpc) is 3.40. The molecule has 2 aliphatic carbocycles. The quantitative estimate of drug-likeness (QED) is 0.921. The van der Waals surface area contributed by atoms with Crippen molar-refractivity contribution in [3.8, 4) is 0 Å². The summed E-state index contributed by atoms with van der Waals surface area (Å²) in [5.41, 5.74) is 7.38. The molecule has 21 heavy (non-hydrogen) atoms. The van der Waals surface area contributed by atoms with Gasteiger partial charge in [-0.05, 0) is 43.2 Å². The smallest absolute Gasteiger partial charge is 0.271 e. The van der Waals surface area contributed by atoms with Crippen molar-refractivity contribution in [1.29, 1.82) is 0 Å². The van der Waals surface area contributed by atoms with Gasteiger partial charge in [0.2, 0.25) is 0 Å². The number of carbonyl (C=O) groups excluding carboxylic acids is 1. The summed E-state index contributed by atoms with van der Waals surface area (Å²) in [6.45, 7) is 0.719. The highest BCUT2D eigenvalue weighted by molar-refractivity contribution is 7.09. The maximum absolute atomic E-state index is 13.0. The van der Waals surface area contributed by atoms with Crippen molar-refractivity contribution in [2.75, 3.05) is 5.73 Å². The van der Waals surface area contributed by atoms with Gasteiger partial charge in [-0.1, -0.05) is 6.07 Å². The molecule has 0 unspecified atom stereocenters. The van der Waals surface area contributed by atoms with Gasteiger partial charge in [-0.3, -0.25) is 4.79 Å². The van der Waals surface area contributed by atoms with Crippen molar-refractivity contribution in [3.05, 3.63) is 40.3 Å². The van der Waals surface area contributed by atoms with Crippen molar-refractivity contribution < 1.29 is 4.79 Å². The summed E-state index contributed by atoms with van der Waals surface area (Å²) in [6, 6.07) is 6.86. The van der Waals surface area contributed by atoms with Crippen LogP contribution in [0.25, 0.3) is 0 Å². The van der Waals surface area contributed by atoms with Crippen molar-refractivity contribution in [2.45, 2.75) is 44.3 Å². The fraction of sp³-hybridized carbons (Fsp3) is 0.438. The van der Waals surface area contributed by atoms with Crippen LogP contribution in [0.3, 0.4) is 0 Å². The maximum atomic E-state index is 13.0. The Kier molecular flexibility index (Phi) is 3.03. The molecule has 4 rings (SSSR count). The van der Waals surface area contributed by atoms with Crippen LogP contribution in [0.2, 0.25) is 0 Å². The Labute approximate surface area is 128 Å². The zero-order chi connectivity index (χ0) is 14.4. The van der Waals surface area contributed by atoms with E-state index in [1.54, 1.807) is 11.3 Å². The lowest BCUT2D eigenvalue weighted by Crippen LogP contribution is -2.33. The third-order valence-corrected chi connectivity index (χ3v) is 5.05. The standard InChI is InChI=1S/C16H19N3OS/c17-11-8-15(18(9-11)12-3-4-12)16(20)19(13-5-6-13)10-14-2-1-7-21-14/h1-2,7-9,12-13H,3-6,10,17H2. The number of anilines is 1. The Morgan fingerprint density at radius 2 is 2.19 bits per heavy atom. The second-order valence-corrected chi connectivity index (χ2v) is 7.07. The molecule has 0 aliphatic heterocycles.